The fourth-order valence-electron chi connectivity index (χ4n) is 1.51. The van der Waals surface area contributed by atoms with Crippen LogP contribution in [0, 0.1) is 0 Å². The summed E-state index contributed by atoms with van der Waals surface area (Å²) in [7, 11) is 0. The van der Waals surface area contributed by atoms with Crippen molar-refractivity contribution in [3.63, 3.8) is 0 Å². The van der Waals surface area contributed by atoms with Crippen molar-refractivity contribution in [1.82, 2.24) is 0 Å². The Morgan fingerprint density at radius 2 is 1.55 bits per heavy atom. The number of allylic oxidation sites excluding steroid dienone is 2. The van der Waals surface area contributed by atoms with E-state index in [1.165, 1.54) is 44.9 Å². The Labute approximate surface area is 74.6 Å². The quantitative estimate of drug-likeness (QED) is 0.513. The molecule has 0 saturated heterocycles. The third kappa shape index (κ3) is 4.47. The first-order valence-corrected chi connectivity index (χ1v) is 5.12. The molecule has 1 aliphatic carbocycles. The Balaban J connectivity index is 2.27. The monoisotopic (exact) mass is 172 g/mol. The summed E-state index contributed by atoms with van der Waals surface area (Å²) in [5.74, 6) is 0. The first kappa shape index (κ1) is 9.12. The lowest BCUT2D eigenvalue weighted by atomic mass is 10.1. The summed E-state index contributed by atoms with van der Waals surface area (Å²) in [6, 6.07) is 0. The van der Waals surface area contributed by atoms with Crippen LogP contribution in [0.3, 0.4) is 0 Å². The molecule has 0 radical (unpaired) electrons. The molecule has 0 aromatic heterocycles. The molecule has 0 N–H and O–H groups in total. The van der Waals surface area contributed by atoms with Gasteiger partial charge in [-0.3, -0.25) is 0 Å². The lowest BCUT2D eigenvalue weighted by Gasteiger charge is -2.04. The smallest absolute Gasteiger partial charge is 0.0141 e. The normalized spacial score (nSPS) is 27.2. The van der Waals surface area contributed by atoms with Gasteiger partial charge < -0.3 is 0 Å². The highest BCUT2D eigenvalue weighted by Crippen LogP contribution is 2.18. The first-order valence-electron chi connectivity index (χ1n) is 4.74. The minimum atomic E-state index is 1.09. The zero-order valence-corrected chi connectivity index (χ0v) is 7.87. The maximum atomic E-state index is 5.98. The molecular formula is C10H17Cl. The average Bonchev–Trinajstić information content (AvgIpc) is 2.03. The lowest BCUT2D eigenvalue weighted by molar-refractivity contribution is 0.590. The molecule has 1 aliphatic rings. The average molecular weight is 173 g/mol. The number of rotatable bonds is 0. The summed E-state index contributed by atoms with van der Waals surface area (Å²) in [5, 5.41) is 1.09. The van der Waals surface area contributed by atoms with Crippen LogP contribution < -0.4 is 0 Å². The van der Waals surface area contributed by atoms with E-state index in [1.54, 1.807) is 0 Å². The maximum Gasteiger partial charge on any atom is 0.0141 e. The van der Waals surface area contributed by atoms with E-state index in [2.05, 4.69) is 6.08 Å². The van der Waals surface area contributed by atoms with Crippen molar-refractivity contribution in [3.8, 4) is 0 Å². The van der Waals surface area contributed by atoms with Crippen LogP contribution in [0.15, 0.2) is 11.1 Å². The second-order valence-electron chi connectivity index (χ2n) is 3.31. The van der Waals surface area contributed by atoms with Gasteiger partial charge in [0.15, 0.2) is 0 Å². The zero-order valence-electron chi connectivity index (χ0n) is 7.11. The van der Waals surface area contributed by atoms with Gasteiger partial charge in [0, 0.05) is 5.03 Å². The molecule has 0 fully saturated rings. The van der Waals surface area contributed by atoms with Gasteiger partial charge >= 0.3 is 0 Å². The molecule has 0 saturated carbocycles. The van der Waals surface area contributed by atoms with E-state index in [0.717, 1.165) is 11.5 Å². The molecule has 0 atom stereocenters. The summed E-state index contributed by atoms with van der Waals surface area (Å²) in [5.41, 5.74) is 0. The summed E-state index contributed by atoms with van der Waals surface area (Å²) in [4.78, 5) is 0. The van der Waals surface area contributed by atoms with Crippen molar-refractivity contribution < 1.29 is 0 Å². The van der Waals surface area contributed by atoms with Crippen LogP contribution >= 0.6 is 11.6 Å². The SMILES string of the molecule is Cl/C1=C/CCCCCCCC1. The van der Waals surface area contributed by atoms with Gasteiger partial charge in [-0.1, -0.05) is 43.4 Å². The standard InChI is InChI=1S/C10H17Cl/c11-10-8-6-4-2-1-3-5-7-9-10/h8H,1-7,9H2/b10-8+. The van der Waals surface area contributed by atoms with E-state index in [4.69, 9.17) is 11.6 Å². The Morgan fingerprint density at radius 1 is 0.909 bits per heavy atom. The Hall–Kier alpha value is 0.0300. The second kappa shape index (κ2) is 5.65. The van der Waals surface area contributed by atoms with Crippen molar-refractivity contribution in [1.29, 1.82) is 0 Å². The third-order valence-electron chi connectivity index (χ3n) is 2.24. The summed E-state index contributed by atoms with van der Waals surface area (Å²) in [6.07, 6.45) is 12.7. The van der Waals surface area contributed by atoms with Gasteiger partial charge in [-0.2, -0.15) is 0 Å². The molecule has 0 unspecified atom stereocenters. The van der Waals surface area contributed by atoms with Crippen molar-refractivity contribution in [2.45, 2.75) is 51.4 Å². The zero-order chi connectivity index (χ0) is 7.94. The van der Waals surface area contributed by atoms with Gasteiger partial charge in [0.1, 0.15) is 0 Å². The molecule has 0 aliphatic heterocycles. The molecule has 1 heteroatoms. The van der Waals surface area contributed by atoms with E-state index in [1.807, 2.05) is 0 Å². The molecule has 1 rings (SSSR count). The van der Waals surface area contributed by atoms with Gasteiger partial charge in [0.25, 0.3) is 0 Å². The molecule has 0 amide bonds. The van der Waals surface area contributed by atoms with Crippen LogP contribution in [0.4, 0.5) is 0 Å². The first-order chi connectivity index (χ1) is 5.39. The molecule has 64 valence electrons. The highest BCUT2D eigenvalue weighted by atomic mass is 35.5. The number of hydrogen-bond donors (Lipinski definition) is 0. The van der Waals surface area contributed by atoms with E-state index in [9.17, 15) is 0 Å². The van der Waals surface area contributed by atoms with Crippen LogP contribution in [-0.4, -0.2) is 0 Å². The highest BCUT2D eigenvalue weighted by molar-refractivity contribution is 6.29. The molecular weight excluding hydrogens is 156 g/mol. The van der Waals surface area contributed by atoms with Gasteiger partial charge in [0.05, 0.1) is 0 Å². The molecule has 0 heterocycles. The predicted molar refractivity (Wildman–Crippen MR) is 50.9 cm³/mol. The largest absolute Gasteiger partial charge is 0.0895 e. The fourth-order valence-corrected chi connectivity index (χ4v) is 1.75. The van der Waals surface area contributed by atoms with Crippen LogP contribution in [0.1, 0.15) is 51.4 Å². The molecule has 11 heavy (non-hydrogen) atoms. The van der Waals surface area contributed by atoms with E-state index >= 15 is 0 Å². The third-order valence-corrected chi connectivity index (χ3v) is 2.58. The van der Waals surface area contributed by atoms with Crippen LogP contribution in [0.25, 0.3) is 0 Å². The van der Waals surface area contributed by atoms with Gasteiger partial charge in [0.2, 0.25) is 0 Å². The lowest BCUT2D eigenvalue weighted by Crippen LogP contribution is -1.84. The minimum absolute atomic E-state index is 1.09. The van der Waals surface area contributed by atoms with E-state index in [-0.39, 0.29) is 0 Å². The topological polar surface area (TPSA) is 0 Å². The summed E-state index contributed by atoms with van der Waals surface area (Å²) < 4.78 is 0. The molecule has 0 nitrogen and oxygen atoms in total. The molecule has 0 aromatic rings. The Bertz CT molecular complexity index is 127. The van der Waals surface area contributed by atoms with Crippen molar-refractivity contribution in [2.75, 3.05) is 0 Å². The van der Waals surface area contributed by atoms with Crippen molar-refractivity contribution in [3.05, 3.63) is 11.1 Å². The maximum absolute atomic E-state index is 5.98. The fraction of sp³-hybridized carbons (Fsp3) is 0.800. The van der Waals surface area contributed by atoms with E-state index < -0.39 is 0 Å². The molecule has 0 aromatic carbocycles. The van der Waals surface area contributed by atoms with Crippen molar-refractivity contribution >= 4 is 11.6 Å². The van der Waals surface area contributed by atoms with Crippen LogP contribution in [-0.2, 0) is 0 Å². The Morgan fingerprint density at radius 3 is 2.36 bits per heavy atom. The van der Waals surface area contributed by atoms with Crippen LogP contribution in [0.5, 0.6) is 0 Å². The van der Waals surface area contributed by atoms with Crippen LogP contribution in [0.2, 0.25) is 0 Å². The minimum Gasteiger partial charge on any atom is -0.0895 e. The highest BCUT2D eigenvalue weighted by Gasteiger charge is 1.97. The van der Waals surface area contributed by atoms with Gasteiger partial charge in [-0.05, 0) is 25.7 Å². The number of halogens is 1. The predicted octanol–water partition coefficient (Wildman–Crippen LogP) is 4.24. The number of hydrogen-bond acceptors (Lipinski definition) is 0. The van der Waals surface area contributed by atoms with Gasteiger partial charge in [-0.25, -0.2) is 0 Å². The van der Waals surface area contributed by atoms with Crippen molar-refractivity contribution in [2.24, 2.45) is 0 Å². The van der Waals surface area contributed by atoms with Gasteiger partial charge in [-0.15, -0.1) is 0 Å². The summed E-state index contributed by atoms with van der Waals surface area (Å²) in [6.45, 7) is 0. The molecule has 0 spiro atoms. The van der Waals surface area contributed by atoms with E-state index in [0.29, 0.717) is 0 Å². The second-order valence-corrected chi connectivity index (χ2v) is 3.80. The molecule has 0 bridgehead atoms. The summed E-state index contributed by atoms with van der Waals surface area (Å²) >= 11 is 5.98. The Kier molecular flexibility index (Phi) is 4.69.